The minimum absolute atomic E-state index is 0.0659. The molecule has 1 aromatic heterocycles. The lowest BCUT2D eigenvalue weighted by molar-refractivity contribution is -0.138. The van der Waals surface area contributed by atoms with E-state index in [0.717, 1.165) is 6.07 Å². The van der Waals surface area contributed by atoms with Gasteiger partial charge < -0.3 is 9.80 Å². The van der Waals surface area contributed by atoms with E-state index in [-0.39, 0.29) is 24.3 Å². The Balaban J connectivity index is 1.67. The maximum Gasteiger partial charge on any atom is 0.417 e. The van der Waals surface area contributed by atoms with Gasteiger partial charge in [0, 0.05) is 26.2 Å². The zero-order chi connectivity index (χ0) is 20.3. The first-order valence-corrected chi connectivity index (χ1v) is 8.30. The number of hydrogen-bond donors (Lipinski definition) is 2. The number of hydroxylamine groups is 1. The molecule has 2 heterocycles. The first-order valence-electron chi connectivity index (χ1n) is 8.30. The van der Waals surface area contributed by atoms with Gasteiger partial charge in [-0.1, -0.05) is 12.1 Å². The Morgan fingerprint density at radius 2 is 1.68 bits per heavy atom. The molecule has 2 N–H and O–H groups in total. The highest BCUT2D eigenvalue weighted by atomic mass is 19.4. The molecule has 0 spiro atoms. The van der Waals surface area contributed by atoms with E-state index in [2.05, 4.69) is 10.2 Å². The highest BCUT2D eigenvalue weighted by molar-refractivity contribution is 5.96. The van der Waals surface area contributed by atoms with Gasteiger partial charge in [-0.2, -0.15) is 13.2 Å². The molecule has 148 valence electrons. The Labute approximate surface area is 157 Å². The van der Waals surface area contributed by atoms with Crippen LogP contribution in [0.1, 0.15) is 26.4 Å². The molecule has 0 saturated carbocycles. The number of nitrogens with zero attached hydrogens (tertiary/aromatic N) is 4. The molecule has 2 aromatic rings. The summed E-state index contributed by atoms with van der Waals surface area (Å²) in [6, 6.07) is 7.63. The number of rotatable bonds is 3. The van der Waals surface area contributed by atoms with Crippen molar-refractivity contribution in [3.8, 4) is 0 Å². The highest BCUT2D eigenvalue weighted by Crippen LogP contribution is 2.32. The van der Waals surface area contributed by atoms with Crippen LogP contribution in [0, 0.1) is 0 Å². The quantitative estimate of drug-likeness (QED) is 0.605. The van der Waals surface area contributed by atoms with Crippen molar-refractivity contribution < 1.29 is 28.0 Å². The van der Waals surface area contributed by atoms with Gasteiger partial charge in [0.05, 0.1) is 11.1 Å². The second-order valence-electron chi connectivity index (χ2n) is 6.04. The minimum atomic E-state index is -4.60. The molecular weight excluding hydrogens is 379 g/mol. The summed E-state index contributed by atoms with van der Waals surface area (Å²) in [6.45, 7) is 1.12. The second kappa shape index (κ2) is 7.80. The van der Waals surface area contributed by atoms with Crippen LogP contribution in [0.3, 0.4) is 0 Å². The topological polar surface area (TPSA) is 98.7 Å². The summed E-state index contributed by atoms with van der Waals surface area (Å²) in [5.74, 6) is -1.01. The first kappa shape index (κ1) is 19.5. The van der Waals surface area contributed by atoms with E-state index < -0.39 is 23.6 Å². The zero-order valence-electron chi connectivity index (χ0n) is 14.5. The van der Waals surface area contributed by atoms with Gasteiger partial charge in [-0.05, 0) is 24.3 Å². The van der Waals surface area contributed by atoms with E-state index in [1.807, 2.05) is 0 Å². The van der Waals surface area contributed by atoms with Crippen LogP contribution in [0.2, 0.25) is 0 Å². The van der Waals surface area contributed by atoms with Gasteiger partial charge in [0.1, 0.15) is 0 Å². The van der Waals surface area contributed by atoms with Crippen molar-refractivity contribution >= 4 is 17.6 Å². The fraction of sp³-hybridized carbons (Fsp3) is 0.294. The van der Waals surface area contributed by atoms with Crippen molar-refractivity contribution in [3.05, 3.63) is 53.2 Å². The smallest absolute Gasteiger partial charge is 0.352 e. The van der Waals surface area contributed by atoms with Gasteiger partial charge in [-0.25, -0.2) is 5.48 Å². The SMILES string of the molecule is O=C(NO)c1ccc(N2CCN(C(=O)c3ccccc3C(F)(F)F)CC2)nn1. The average Bonchev–Trinajstić information content (AvgIpc) is 2.72. The summed E-state index contributed by atoms with van der Waals surface area (Å²) in [4.78, 5) is 27.0. The van der Waals surface area contributed by atoms with E-state index in [0.29, 0.717) is 18.9 Å². The number of piperazine rings is 1. The Bertz CT molecular complexity index is 865. The van der Waals surface area contributed by atoms with E-state index in [4.69, 9.17) is 5.21 Å². The van der Waals surface area contributed by atoms with Crippen molar-refractivity contribution in [3.63, 3.8) is 0 Å². The lowest BCUT2D eigenvalue weighted by Crippen LogP contribution is -2.49. The molecule has 11 heteroatoms. The molecule has 1 aliphatic heterocycles. The number of hydrogen-bond acceptors (Lipinski definition) is 6. The third-order valence-corrected chi connectivity index (χ3v) is 4.34. The van der Waals surface area contributed by atoms with Crippen LogP contribution in [-0.4, -0.2) is 58.3 Å². The number of halogens is 3. The predicted octanol–water partition coefficient (Wildman–Crippen LogP) is 1.58. The number of benzene rings is 1. The first-order chi connectivity index (χ1) is 13.3. The van der Waals surface area contributed by atoms with Gasteiger partial charge >= 0.3 is 6.18 Å². The summed E-state index contributed by atoms with van der Waals surface area (Å²) < 4.78 is 39.4. The summed E-state index contributed by atoms with van der Waals surface area (Å²) in [5, 5.41) is 16.2. The summed E-state index contributed by atoms with van der Waals surface area (Å²) in [7, 11) is 0. The molecule has 2 amide bonds. The Hall–Kier alpha value is -3.21. The van der Waals surface area contributed by atoms with Crippen LogP contribution in [0.5, 0.6) is 0 Å². The highest BCUT2D eigenvalue weighted by Gasteiger charge is 2.36. The predicted molar refractivity (Wildman–Crippen MR) is 90.8 cm³/mol. The monoisotopic (exact) mass is 395 g/mol. The van der Waals surface area contributed by atoms with Crippen LogP contribution in [0.4, 0.5) is 19.0 Å². The molecule has 0 bridgehead atoms. The molecular formula is C17H16F3N5O3. The number of carbonyl (C=O) groups is 2. The molecule has 8 nitrogen and oxygen atoms in total. The van der Waals surface area contributed by atoms with Crippen molar-refractivity contribution in [1.82, 2.24) is 20.6 Å². The van der Waals surface area contributed by atoms with Gasteiger partial charge in [0.25, 0.3) is 11.8 Å². The normalized spacial score (nSPS) is 14.7. The number of aromatic nitrogens is 2. The third kappa shape index (κ3) is 4.03. The van der Waals surface area contributed by atoms with Crippen LogP contribution in [0.15, 0.2) is 36.4 Å². The largest absolute Gasteiger partial charge is 0.417 e. The number of amides is 2. The molecule has 1 aliphatic rings. The molecule has 1 aromatic carbocycles. The van der Waals surface area contributed by atoms with Gasteiger partial charge in [0.2, 0.25) is 0 Å². The molecule has 0 unspecified atom stereocenters. The minimum Gasteiger partial charge on any atom is -0.352 e. The maximum atomic E-state index is 13.1. The summed E-state index contributed by atoms with van der Waals surface area (Å²) in [5.41, 5.74) is 0.0587. The summed E-state index contributed by atoms with van der Waals surface area (Å²) in [6.07, 6.45) is -4.60. The number of alkyl halides is 3. The Morgan fingerprint density at radius 3 is 2.25 bits per heavy atom. The molecule has 0 aliphatic carbocycles. The molecule has 0 radical (unpaired) electrons. The molecule has 3 rings (SSSR count). The van der Waals surface area contributed by atoms with Crippen LogP contribution in [0.25, 0.3) is 0 Å². The lowest BCUT2D eigenvalue weighted by Gasteiger charge is -2.35. The Kier molecular flexibility index (Phi) is 5.45. The fourth-order valence-corrected chi connectivity index (χ4v) is 2.90. The molecule has 1 fully saturated rings. The fourth-order valence-electron chi connectivity index (χ4n) is 2.90. The number of anilines is 1. The van der Waals surface area contributed by atoms with Crippen LogP contribution in [-0.2, 0) is 6.18 Å². The second-order valence-corrected chi connectivity index (χ2v) is 6.04. The molecule has 0 atom stereocenters. The number of carbonyl (C=O) groups excluding carboxylic acids is 2. The van der Waals surface area contributed by atoms with Crippen LogP contribution >= 0.6 is 0 Å². The molecule has 28 heavy (non-hydrogen) atoms. The van der Waals surface area contributed by atoms with E-state index >= 15 is 0 Å². The number of nitrogens with one attached hydrogen (secondary N) is 1. The third-order valence-electron chi connectivity index (χ3n) is 4.34. The Morgan fingerprint density at radius 1 is 1.00 bits per heavy atom. The van der Waals surface area contributed by atoms with Crippen LogP contribution < -0.4 is 10.4 Å². The van der Waals surface area contributed by atoms with Crippen molar-refractivity contribution in [1.29, 1.82) is 0 Å². The van der Waals surface area contributed by atoms with Crippen molar-refractivity contribution in [2.75, 3.05) is 31.1 Å². The lowest BCUT2D eigenvalue weighted by atomic mass is 10.1. The van der Waals surface area contributed by atoms with E-state index in [9.17, 15) is 22.8 Å². The van der Waals surface area contributed by atoms with Crippen molar-refractivity contribution in [2.45, 2.75) is 6.18 Å². The van der Waals surface area contributed by atoms with Crippen molar-refractivity contribution in [2.24, 2.45) is 0 Å². The van der Waals surface area contributed by atoms with E-state index in [1.165, 1.54) is 40.7 Å². The molecule has 1 saturated heterocycles. The van der Waals surface area contributed by atoms with Gasteiger partial charge in [-0.15, -0.1) is 10.2 Å². The average molecular weight is 395 g/mol. The standard InChI is InChI=1S/C17H16F3N5O3/c18-17(19,20)12-4-2-1-3-11(12)16(27)25-9-7-24(8-10-25)14-6-5-13(21-22-14)15(26)23-28/h1-6,28H,7-10H2,(H,23,26). The van der Waals surface area contributed by atoms with Gasteiger partial charge in [0.15, 0.2) is 11.5 Å². The summed E-state index contributed by atoms with van der Waals surface area (Å²) >= 11 is 0. The maximum absolute atomic E-state index is 13.1. The van der Waals surface area contributed by atoms with E-state index in [1.54, 1.807) is 4.90 Å². The zero-order valence-corrected chi connectivity index (χ0v) is 14.5. The van der Waals surface area contributed by atoms with Gasteiger partial charge in [-0.3, -0.25) is 14.8 Å².